The molecule has 0 aromatic heterocycles. The van der Waals surface area contributed by atoms with Crippen LogP contribution in [0.2, 0.25) is 0 Å². The van der Waals surface area contributed by atoms with Crippen molar-refractivity contribution in [3.05, 3.63) is 30.3 Å². The Hall–Kier alpha value is -3.18. The Morgan fingerprint density at radius 3 is 2.22 bits per heavy atom. The van der Waals surface area contributed by atoms with Gasteiger partial charge in [-0.1, -0.05) is 37.5 Å². The third-order valence-corrected chi connectivity index (χ3v) is 6.05. The van der Waals surface area contributed by atoms with Crippen molar-refractivity contribution in [1.82, 2.24) is 21.3 Å². The normalized spacial score (nSPS) is 15.4. The first-order chi connectivity index (χ1) is 17.4. The summed E-state index contributed by atoms with van der Waals surface area (Å²) >= 11 is 0. The van der Waals surface area contributed by atoms with E-state index in [4.69, 9.17) is 5.11 Å². The maximum Gasteiger partial charge on any atom is 0.322 e. The van der Waals surface area contributed by atoms with Crippen LogP contribution in [0.25, 0.3) is 0 Å². The third-order valence-electron chi connectivity index (χ3n) is 6.05. The molecule has 1 aromatic rings. The number of rotatable bonds is 16. The van der Waals surface area contributed by atoms with Gasteiger partial charge in [0.1, 0.15) is 12.6 Å². The van der Waals surface area contributed by atoms with Gasteiger partial charge in [0.05, 0.1) is 19.2 Å². The van der Waals surface area contributed by atoms with Gasteiger partial charge in [-0.2, -0.15) is 0 Å². The highest BCUT2D eigenvalue weighted by Gasteiger charge is 2.25. The minimum Gasteiger partial charge on any atom is -0.480 e. The van der Waals surface area contributed by atoms with Gasteiger partial charge in [-0.25, -0.2) is 0 Å². The van der Waals surface area contributed by atoms with Crippen molar-refractivity contribution in [1.29, 1.82) is 0 Å². The van der Waals surface area contributed by atoms with Gasteiger partial charge in [-0.05, 0) is 44.2 Å². The molecule has 0 heterocycles. The highest BCUT2D eigenvalue weighted by Crippen LogP contribution is 2.18. The zero-order valence-electron chi connectivity index (χ0n) is 20.6. The lowest BCUT2D eigenvalue weighted by molar-refractivity contribution is -0.138. The van der Waals surface area contributed by atoms with Gasteiger partial charge in [-0.15, -0.1) is 0 Å². The number of amides is 3. The van der Waals surface area contributed by atoms with Crippen LogP contribution in [0.15, 0.2) is 30.3 Å². The lowest BCUT2D eigenvalue weighted by atomic mass is 9.94. The summed E-state index contributed by atoms with van der Waals surface area (Å²) in [6.45, 7) is -0.901. The van der Waals surface area contributed by atoms with E-state index in [2.05, 4.69) is 26.6 Å². The molecule has 36 heavy (non-hydrogen) atoms. The Morgan fingerprint density at radius 2 is 1.56 bits per heavy atom. The molecule has 3 amide bonds. The molecule has 11 heteroatoms. The van der Waals surface area contributed by atoms with E-state index >= 15 is 0 Å². The molecule has 1 aliphatic carbocycles. The van der Waals surface area contributed by atoms with Gasteiger partial charge in [0.2, 0.25) is 17.7 Å². The molecular formula is C25H39N5O6. The molecule has 2 atom stereocenters. The molecule has 7 N–H and O–H groups in total. The molecule has 1 aliphatic rings. The van der Waals surface area contributed by atoms with Crippen LogP contribution >= 0.6 is 0 Å². The van der Waals surface area contributed by atoms with E-state index in [1.165, 1.54) is 6.42 Å². The standard InChI is InChI=1S/C25H39N5O6/c31-17-21(25(36)28-16-23(33)34)30-22(32)15-27-24(35)20(29-19-11-5-2-6-12-19)13-7-8-14-26-18-9-3-1-4-10-18/h1,3-4,9-10,19-21,26,29,31H,2,5-8,11-17H2,(H,27,35)(H,28,36)(H,30,32)(H,33,34). The molecule has 1 fully saturated rings. The Balaban J connectivity index is 1.80. The Labute approximate surface area is 211 Å². The van der Waals surface area contributed by atoms with Crippen LogP contribution in [0.4, 0.5) is 5.69 Å². The van der Waals surface area contributed by atoms with Crippen LogP contribution in [0.3, 0.4) is 0 Å². The fourth-order valence-corrected chi connectivity index (χ4v) is 4.12. The average Bonchev–Trinajstić information content (AvgIpc) is 2.89. The Kier molecular flexibility index (Phi) is 13.3. The summed E-state index contributed by atoms with van der Waals surface area (Å²) in [4.78, 5) is 47.6. The van der Waals surface area contributed by atoms with Crippen molar-refractivity contribution in [2.45, 2.75) is 69.5 Å². The van der Waals surface area contributed by atoms with Crippen LogP contribution in [-0.2, 0) is 19.2 Å². The molecule has 0 radical (unpaired) electrons. The Bertz CT molecular complexity index is 831. The summed E-state index contributed by atoms with van der Waals surface area (Å²) in [5.74, 6) is -3.01. The lowest BCUT2D eigenvalue weighted by Gasteiger charge is -2.28. The molecular weight excluding hydrogens is 466 g/mol. The number of para-hydroxylation sites is 1. The first kappa shape index (κ1) is 29.1. The van der Waals surface area contributed by atoms with Crippen molar-refractivity contribution in [3.8, 4) is 0 Å². The second-order valence-corrected chi connectivity index (χ2v) is 8.97. The van der Waals surface area contributed by atoms with E-state index < -0.39 is 43.0 Å². The second kappa shape index (κ2) is 16.5. The van der Waals surface area contributed by atoms with Gasteiger partial charge in [-0.3, -0.25) is 19.2 Å². The van der Waals surface area contributed by atoms with Crippen molar-refractivity contribution in [2.75, 3.05) is 31.6 Å². The predicted octanol–water partition coefficient (Wildman–Crippen LogP) is 0.354. The first-order valence-electron chi connectivity index (χ1n) is 12.6. The topological polar surface area (TPSA) is 169 Å². The monoisotopic (exact) mass is 505 g/mol. The molecule has 1 saturated carbocycles. The molecule has 2 unspecified atom stereocenters. The molecule has 0 bridgehead atoms. The van der Waals surface area contributed by atoms with E-state index in [0.717, 1.165) is 50.8 Å². The molecule has 11 nitrogen and oxygen atoms in total. The number of anilines is 1. The number of hydrogen-bond acceptors (Lipinski definition) is 7. The van der Waals surface area contributed by atoms with E-state index in [-0.39, 0.29) is 18.5 Å². The van der Waals surface area contributed by atoms with Crippen LogP contribution in [-0.4, -0.2) is 78.3 Å². The number of unbranched alkanes of at least 4 members (excludes halogenated alkanes) is 1. The van der Waals surface area contributed by atoms with Gasteiger partial charge < -0.3 is 36.8 Å². The van der Waals surface area contributed by atoms with E-state index in [9.17, 15) is 24.3 Å². The number of carbonyl (C=O) groups excluding carboxylic acids is 3. The number of hydrogen-bond donors (Lipinski definition) is 7. The first-order valence-corrected chi connectivity index (χ1v) is 12.6. The van der Waals surface area contributed by atoms with E-state index in [1.54, 1.807) is 0 Å². The SMILES string of the molecule is O=C(O)CNC(=O)C(CO)NC(=O)CNC(=O)C(CCCCNc1ccccc1)NC1CCCCC1. The zero-order chi connectivity index (χ0) is 26.2. The highest BCUT2D eigenvalue weighted by atomic mass is 16.4. The number of carboxylic acid groups (broad SMARTS) is 1. The van der Waals surface area contributed by atoms with E-state index in [1.807, 2.05) is 30.3 Å². The fourth-order valence-electron chi connectivity index (χ4n) is 4.12. The van der Waals surface area contributed by atoms with Gasteiger partial charge in [0.15, 0.2) is 0 Å². The molecule has 200 valence electrons. The number of aliphatic carboxylic acids is 1. The van der Waals surface area contributed by atoms with Gasteiger partial charge in [0.25, 0.3) is 0 Å². The van der Waals surface area contributed by atoms with Crippen LogP contribution in [0, 0.1) is 0 Å². The smallest absolute Gasteiger partial charge is 0.322 e. The number of benzene rings is 1. The number of carbonyl (C=O) groups is 4. The molecule has 1 aromatic carbocycles. The lowest BCUT2D eigenvalue weighted by Crippen LogP contribution is -2.54. The van der Waals surface area contributed by atoms with Crippen molar-refractivity contribution in [3.63, 3.8) is 0 Å². The molecule has 0 saturated heterocycles. The van der Waals surface area contributed by atoms with Gasteiger partial charge in [0, 0.05) is 18.3 Å². The van der Waals surface area contributed by atoms with Crippen molar-refractivity contribution < 1.29 is 29.4 Å². The highest BCUT2D eigenvalue weighted by molar-refractivity contribution is 5.92. The quantitative estimate of drug-likeness (QED) is 0.158. The maximum atomic E-state index is 12.9. The Morgan fingerprint density at radius 1 is 0.889 bits per heavy atom. The maximum absolute atomic E-state index is 12.9. The zero-order valence-corrected chi connectivity index (χ0v) is 20.6. The fraction of sp³-hybridized carbons (Fsp3) is 0.600. The third kappa shape index (κ3) is 11.5. The van der Waals surface area contributed by atoms with Crippen LogP contribution in [0.5, 0.6) is 0 Å². The summed E-state index contributed by atoms with van der Waals surface area (Å²) < 4.78 is 0. The predicted molar refractivity (Wildman–Crippen MR) is 135 cm³/mol. The van der Waals surface area contributed by atoms with Crippen molar-refractivity contribution >= 4 is 29.4 Å². The molecule has 0 spiro atoms. The molecule has 0 aliphatic heterocycles. The van der Waals surface area contributed by atoms with Crippen molar-refractivity contribution in [2.24, 2.45) is 0 Å². The number of aliphatic hydroxyl groups is 1. The minimum atomic E-state index is -1.30. The summed E-state index contributed by atoms with van der Waals surface area (Å²) in [6, 6.07) is 8.43. The average molecular weight is 506 g/mol. The molecule has 2 rings (SSSR count). The number of carboxylic acids is 1. The summed E-state index contributed by atoms with van der Waals surface area (Å²) in [7, 11) is 0. The van der Waals surface area contributed by atoms with Crippen LogP contribution in [0.1, 0.15) is 51.4 Å². The second-order valence-electron chi connectivity index (χ2n) is 8.97. The minimum absolute atomic E-state index is 0.266. The largest absolute Gasteiger partial charge is 0.480 e. The summed E-state index contributed by atoms with van der Waals surface area (Å²) in [5, 5.41) is 31.8. The summed E-state index contributed by atoms with van der Waals surface area (Å²) in [5.41, 5.74) is 1.05. The van der Waals surface area contributed by atoms with Gasteiger partial charge >= 0.3 is 5.97 Å². The number of nitrogens with one attached hydrogen (secondary N) is 5. The summed E-state index contributed by atoms with van der Waals surface area (Å²) in [6.07, 6.45) is 7.82. The van der Waals surface area contributed by atoms with Crippen LogP contribution < -0.4 is 26.6 Å². The number of aliphatic hydroxyl groups excluding tert-OH is 1. The van der Waals surface area contributed by atoms with E-state index in [0.29, 0.717) is 6.42 Å².